The molecule has 0 saturated carbocycles. The van der Waals surface area contributed by atoms with E-state index in [9.17, 15) is 9.18 Å². The Morgan fingerprint density at radius 3 is 2.71 bits per heavy atom. The van der Waals surface area contributed by atoms with Crippen LogP contribution in [0.25, 0.3) is 0 Å². The molecular formula is C19H17ClFN5O2. The molecule has 2 aromatic carbocycles. The summed E-state index contributed by atoms with van der Waals surface area (Å²) in [5, 5.41) is 3.04. The molecule has 0 saturated heterocycles. The van der Waals surface area contributed by atoms with Gasteiger partial charge in [0, 0.05) is 5.69 Å². The molecule has 0 unspecified atom stereocenters. The number of esters is 1. The molecule has 1 heterocycles. The number of hydrogen-bond acceptors (Lipinski definition) is 7. The molecule has 0 radical (unpaired) electrons. The molecule has 3 rings (SSSR count). The molecule has 0 atom stereocenters. The monoisotopic (exact) mass is 401 g/mol. The minimum absolute atomic E-state index is 0.0403. The van der Waals surface area contributed by atoms with Gasteiger partial charge in [-0.25, -0.2) is 9.18 Å². The lowest BCUT2D eigenvalue weighted by molar-refractivity contribution is 0.0457. The summed E-state index contributed by atoms with van der Waals surface area (Å²) in [6.45, 7) is 1.71. The number of benzene rings is 2. The highest BCUT2D eigenvalue weighted by atomic mass is 35.5. The van der Waals surface area contributed by atoms with Gasteiger partial charge >= 0.3 is 5.97 Å². The van der Waals surface area contributed by atoms with Crippen LogP contribution in [0.1, 0.15) is 28.7 Å². The Hall–Kier alpha value is -3.26. The van der Waals surface area contributed by atoms with E-state index in [1.807, 2.05) is 31.2 Å². The Morgan fingerprint density at radius 1 is 1.18 bits per heavy atom. The number of hydrogen-bond donors (Lipinski definition) is 2. The average molecular weight is 402 g/mol. The first-order chi connectivity index (χ1) is 13.5. The molecule has 7 nitrogen and oxygen atoms in total. The predicted octanol–water partition coefficient (Wildman–Crippen LogP) is 3.91. The van der Waals surface area contributed by atoms with Crippen LogP contribution >= 0.6 is 11.6 Å². The first-order valence-electron chi connectivity index (χ1n) is 8.44. The van der Waals surface area contributed by atoms with E-state index in [1.54, 1.807) is 0 Å². The highest BCUT2D eigenvalue weighted by molar-refractivity contribution is 6.33. The van der Waals surface area contributed by atoms with Gasteiger partial charge in [0.05, 0.1) is 5.02 Å². The maximum atomic E-state index is 13.8. The van der Waals surface area contributed by atoms with Crippen molar-refractivity contribution in [3.05, 3.63) is 70.3 Å². The second kappa shape index (κ2) is 8.62. The molecule has 0 amide bonds. The molecule has 0 aliphatic rings. The fourth-order valence-electron chi connectivity index (χ4n) is 2.52. The number of ether oxygens (including phenoxy) is 1. The van der Waals surface area contributed by atoms with Gasteiger partial charge in [0.25, 0.3) is 0 Å². The molecule has 0 aliphatic heterocycles. The first-order valence-corrected chi connectivity index (χ1v) is 8.82. The Bertz CT molecular complexity index is 995. The van der Waals surface area contributed by atoms with Crippen LogP contribution in [-0.2, 0) is 17.8 Å². The number of rotatable bonds is 6. The summed E-state index contributed by atoms with van der Waals surface area (Å²) in [5.41, 5.74) is 7.28. The molecule has 9 heteroatoms. The van der Waals surface area contributed by atoms with Crippen molar-refractivity contribution in [3.8, 4) is 0 Å². The van der Waals surface area contributed by atoms with Gasteiger partial charge in [-0.1, -0.05) is 42.8 Å². The van der Waals surface area contributed by atoms with Crippen LogP contribution in [0, 0.1) is 5.82 Å². The van der Waals surface area contributed by atoms with E-state index in [1.165, 1.54) is 12.1 Å². The van der Waals surface area contributed by atoms with Gasteiger partial charge in [0.1, 0.15) is 11.4 Å². The number of anilines is 3. The van der Waals surface area contributed by atoms with Crippen LogP contribution in [0.3, 0.4) is 0 Å². The van der Waals surface area contributed by atoms with E-state index in [-0.39, 0.29) is 34.9 Å². The van der Waals surface area contributed by atoms with Crippen molar-refractivity contribution in [3.63, 3.8) is 0 Å². The SMILES string of the molecule is CCc1ccccc1Nc1nc(N)nc(COC(=O)c2c(F)cccc2Cl)n1. The number of nitrogens with one attached hydrogen (secondary N) is 1. The number of nitrogens with zero attached hydrogens (tertiary/aromatic N) is 3. The third-order valence-corrected chi connectivity index (χ3v) is 4.16. The molecule has 0 spiro atoms. The van der Waals surface area contributed by atoms with Crippen molar-refractivity contribution in [2.75, 3.05) is 11.1 Å². The number of halogens is 2. The van der Waals surface area contributed by atoms with E-state index in [0.29, 0.717) is 0 Å². The number of nitrogens with two attached hydrogens (primary N) is 1. The smallest absolute Gasteiger partial charge is 0.343 e. The normalized spacial score (nSPS) is 10.5. The second-order valence-corrected chi connectivity index (χ2v) is 6.15. The summed E-state index contributed by atoms with van der Waals surface area (Å²) in [5.74, 6) is -1.41. The molecule has 0 bridgehead atoms. The van der Waals surface area contributed by atoms with Gasteiger partial charge in [0.2, 0.25) is 11.9 Å². The largest absolute Gasteiger partial charge is 0.454 e. The number of carbonyl (C=O) groups is 1. The van der Waals surface area contributed by atoms with Crippen LogP contribution in [0.15, 0.2) is 42.5 Å². The quantitative estimate of drug-likeness (QED) is 0.603. The van der Waals surface area contributed by atoms with Crippen molar-refractivity contribution >= 4 is 35.2 Å². The molecule has 3 aromatic rings. The summed E-state index contributed by atoms with van der Waals surface area (Å²) < 4.78 is 18.9. The lowest BCUT2D eigenvalue weighted by atomic mass is 10.1. The summed E-state index contributed by atoms with van der Waals surface area (Å²) in [7, 11) is 0. The van der Waals surface area contributed by atoms with Crippen molar-refractivity contribution in [2.45, 2.75) is 20.0 Å². The standard InChI is InChI=1S/C19H17ClFN5O2/c1-2-11-6-3-4-9-14(11)23-19-25-15(24-18(22)26-19)10-28-17(27)16-12(20)7-5-8-13(16)21/h3-9H,2,10H2,1H3,(H3,22,23,24,25,26). The van der Waals surface area contributed by atoms with Gasteiger partial charge < -0.3 is 15.8 Å². The third-order valence-electron chi connectivity index (χ3n) is 3.84. The maximum absolute atomic E-state index is 13.8. The summed E-state index contributed by atoms with van der Waals surface area (Å²) in [6.07, 6.45) is 0.817. The first kappa shape index (κ1) is 19.5. The third kappa shape index (κ3) is 4.52. The average Bonchev–Trinajstić information content (AvgIpc) is 2.66. The lowest BCUT2D eigenvalue weighted by Gasteiger charge is -2.11. The van der Waals surface area contributed by atoms with Crippen molar-refractivity contribution in [1.82, 2.24) is 15.0 Å². The number of carbonyl (C=O) groups excluding carboxylic acids is 1. The Morgan fingerprint density at radius 2 is 1.96 bits per heavy atom. The Balaban J connectivity index is 1.76. The van der Waals surface area contributed by atoms with Crippen molar-refractivity contribution in [1.29, 1.82) is 0 Å². The van der Waals surface area contributed by atoms with E-state index in [4.69, 9.17) is 22.1 Å². The molecule has 0 fully saturated rings. The Labute approximate surface area is 165 Å². The van der Waals surface area contributed by atoms with Crippen LogP contribution in [-0.4, -0.2) is 20.9 Å². The zero-order chi connectivity index (χ0) is 20.1. The van der Waals surface area contributed by atoms with Gasteiger partial charge in [-0.05, 0) is 30.2 Å². The summed E-state index contributed by atoms with van der Waals surface area (Å²) >= 11 is 5.86. The topological polar surface area (TPSA) is 103 Å². The highest BCUT2D eigenvalue weighted by Gasteiger charge is 2.18. The van der Waals surface area contributed by atoms with Crippen molar-refractivity contribution in [2.24, 2.45) is 0 Å². The number of aromatic nitrogens is 3. The minimum Gasteiger partial charge on any atom is -0.454 e. The Kier molecular flexibility index (Phi) is 6.00. The van der Waals surface area contributed by atoms with Crippen LogP contribution in [0.2, 0.25) is 5.02 Å². The maximum Gasteiger partial charge on any atom is 0.343 e. The summed E-state index contributed by atoms with van der Waals surface area (Å²) in [4.78, 5) is 24.3. The minimum atomic E-state index is -0.923. The van der Waals surface area contributed by atoms with Crippen LogP contribution < -0.4 is 11.1 Å². The van der Waals surface area contributed by atoms with Gasteiger partial charge in [0.15, 0.2) is 12.4 Å². The molecule has 0 aliphatic carbocycles. The van der Waals surface area contributed by atoms with E-state index < -0.39 is 11.8 Å². The molecule has 144 valence electrons. The van der Waals surface area contributed by atoms with E-state index in [0.717, 1.165) is 23.7 Å². The van der Waals surface area contributed by atoms with Crippen LogP contribution in [0.4, 0.5) is 22.0 Å². The molecular weight excluding hydrogens is 385 g/mol. The highest BCUT2D eigenvalue weighted by Crippen LogP contribution is 2.21. The number of aryl methyl sites for hydroxylation is 1. The fraction of sp³-hybridized carbons (Fsp3) is 0.158. The van der Waals surface area contributed by atoms with E-state index in [2.05, 4.69) is 20.3 Å². The van der Waals surface area contributed by atoms with Gasteiger partial charge in [-0.15, -0.1) is 0 Å². The predicted molar refractivity (Wildman–Crippen MR) is 104 cm³/mol. The molecule has 1 aromatic heterocycles. The van der Waals surface area contributed by atoms with Gasteiger partial charge in [-0.3, -0.25) is 0 Å². The molecule has 3 N–H and O–H groups in total. The van der Waals surface area contributed by atoms with E-state index >= 15 is 0 Å². The van der Waals surface area contributed by atoms with Gasteiger partial charge in [-0.2, -0.15) is 15.0 Å². The fourth-order valence-corrected chi connectivity index (χ4v) is 2.76. The number of para-hydroxylation sites is 1. The molecule has 28 heavy (non-hydrogen) atoms. The van der Waals surface area contributed by atoms with Crippen LogP contribution in [0.5, 0.6) is 0 Å². The van der Waals surface area contributed by atoms with Crippen molar-refractivity contribution < 1.29 is 13.9 Å². The zero-order valence-electron chi connectivity index (χ0n) is 14.9. The number of nitrogen functional groups attached to an aromatic ring is 1. The lowest BCUT2D eigenvalue weighted by Crippen LogP contribution is -2.12. The second-order valence-electron chi connectivity index (χ2n) is 5.74. The zero-order valence-corrected chi connectivity index (χ0v) is 15.7. The summed E-state index contributed by atoms with van der Waals surface area (Å²) in [6, 6.07) is 11.6.